The van der Waals surface area contributed by atoms with Crippen molar-refractivity contribution in [3.63, 3.8) is 0 Å². The van der Waals surface area contributed by atoms with Gasteiger partial charge in [0, 0.05) is 18.9 Å². The number of carbonyl (C=O) groups is 1. The van der Waals surface area contributed by atoms with Gasteiger partial charge in [0.05, 0.1) is 0 Å². The van der Waals surface area contributed by atoms with Gasteiger partial charge in [-0.1, -0.05) is 12.1 Å². The second kappa shape index (κ2) is 4.92. The van der Waals surface area contributed by atoms with E-state index in [1.165, 1.54) is 12.1 Å². The average molecular weight is 239 g/mol. The summed E-state index contributed by atoms with van der Waals surface area (Å²) in [5.41, 5.74) is 5.92. The predicted octanol–water partition coefficient (Wildman–Crippen LogP) is 2.20. The molecule has 1 unspecified atom stereocenters. The first kappa shape index (κ1) is 12.2. The van der Waals surface area contributed by atoms with E-state index >= 15 is 0 Å². The van der Waals surface area contributed by atoms with Crippen LogP contribution in [0.5, 0.6) is 0 Å². The van der Waals surface area contributed by atoms with Crippen molar-refractivity contribution < 1.29 is 13.6 Å². The van der Waals surface area contributed by atoms with E-state index < -0.39 is 11.6 Å². The molecule has 92 valence electrons. The Morgan fingerprint density at radius 3 is 2.76 bits per heavy atom. The molecule has 0 amide bonds. The Balaban J connectivity index is 1.95. The van der Waals surface area contributed by atoms with Gasteiger partial charge in [-0.2, -0.15) is 0 Å². The van der Waals surface area contributed by atoms with Crippen LogP contribution in [0, 0.1) is 17.6 Å². The van der Waals surface area contributed by atoms with Crippen LogP contribution in [-0.4, -0.2) is 11.8 Å². The first-order chi connectivity index (χ1) is 8.08. The molecule has 0 bridgehead atoms. The summed E-state index contributed by atoms with van der Waals surface area (Å²) in [7, 11) is 0. The van der Waals surface area contributed by atoms with Crippen molar-refractivity contribution in [3.05, 3.63) is 35.4 Å². The normalized spacial score (nSPS) is 16.9. The van der Waals surface area contributed by atoms with Crippen molar-refractivity contribution >= 4 is 5.78 Å². The van der Waals surface area contributed by atoms with Gasteiger partial charge < -0.3 is 5.73 Å². The van der Waals surface area contributed by atoms with Crippen LogP contribution < -0.4 is 5.73 Å². The molecular weight excluding hydrogens is 224 g/mol. The van der Waals surface area contributed by atoms with Gasteiger partial charge in [0.1, 0.15) is 5.78 Å². The van der Waals surface area contributed by atoms with Crippen LogP contribution in [-0.2, 0) is 11.2 Å². The maximum Gasteiger partial charge on any atom is 0.162 e. The summed E-state index contributed by atoms with van der Waals surface area (Å²) in [5, 5.41) is 0. The van der Waals surface area contributed by atoms with Crippen molar-refractivity contribution in [2.75, 3.05) is 0 Å². The third-order valence-electron chi connectivity index (χ3n) is 3.11. The summed E-state index contributed by atoms with van der Waals surface area (Å²) in [6.07, 6.45) is 2.32. The highest BCUT2D eigenvalue weighted by Gasteiger charge is 2.29. The fraction of sp³-hybridized carbons (Fsp3) is 0.462. The molecule has 1 saturated carbocycles. The Kier molecular flexibility index (Phi) is 3.52. The Bertz CT molecular complexity index is 429. The van der Waals surface area contributed by atoms with Crippen molar-refractivity contribution in [2.45, 2.75) is 31.7 Å². The fourth-order valence-electron chi connectivity index (χ4n) is 1.92. The molecule has 2 nitrogen and oxygen atoms in total. The number of benzene rings is 1. The van der Waals surface area contributed by atoms with Gasteiger partial charge in [0.15, 0.2) is 11.6 Å². The molecule has 0 aromatic heterocycles. The standard InChI is InChI=1S/C13H15F2NO/c14-11-3-1-2-9(13(11)15)6-10(17)7-12(16)8-4-5-8/h1-3,8,12H,4-7,16H2. The minimum atomic E-state index is -0.930. The molecule has 1 aliphatic carbocycles. The molecule has 0 aliphatic heterocycles. The molecule has 0 radical (unpaired) electrons. The van der Waals surface area contributed by atoms with E-state index in [-0.39, 0.29) is 30.2 Å². The molecular formula is C13H15F2NO. The van der Waals surface area contributed by atoms with Gasteiger partial charge in [0.25, 0.3) is 0 Å². The zero-order chi connectivity index (χ0) is 12.4. The van der Waals surface area contributed by atoms with Gasteiger partial charge in [0.2, 0.25) is 0 Å². The SMILES string of the molecule is NC(CC(=O)Cc1cccc(F)c1F)C1CC1. The largest absolute Gasteiger partial charge is 0.327 e. The number of hydrogen-bond acceptors (Lipinski definition) is 2. The Labute approximate surface area is 98.8 Å². The van der Waals surface area contributed by atoms with Crippen LogP contribution in [0.25, 0.3) is 0 Å². The summed E-state index contributed by atoms with van der Waals surface area (Å²) >= 11 is 0. The van der Waals surface area contributed by atoms with Crippen molar-refractivity contribution in [1.82, 2.24) is 0 Å². The Hall–Kier alpha value is -1.29. The molecule has 1 aliphatic rings. The summed E-state index contributed by atoms with van der Waals surface area (Å²) < 4.78 is 26.2. The topological polar surface area (TPSA) is 43.1 Å². The van der Waals surface area contributed by atoms with Crippen molar-refractivity contribution in [2.24, 2.45) is 11.7 Å². The van der Waals surface area contributed by atoms with E-state index in [9.17, 15) is 13.6 Å². The molecule has 17 heavy (non-hydrogen) atoms. The second-order valence-corrected chi connectivity index (χ2v) is 4.63. The Morgan fingerprint density at radius 1 is 1.41 bits per heavy atom. The first-order valence-electron chi connectivity index (χ1n) is 5.78. The summed E-state index contributed by atoms with van der Waals surface area (Å²) in [5.74, 6) is -1.53. The number of hydrogen-bond donors (Lipinski definition) is 1. The van der Waals surface area contributed by atoms with E-state index in [4.69, 9.17) is 5.73 Å². The highest BCUT2D eigenvalue weighted by molar-refractivity contribution is 5.81. The highest BCUT2D eigenvalue weighted by atomic mass is 19.2. The zero-order valence-electron chi connectivity index (χ0n) is 9.46. The van der Waals surface area contributed by atoms with Gasteiger partial charge in [-0.25, -0.2) is 8.78 Å². The van der Waals surface area contributed by atoms with Crippen LogP contribution in [0.15, 0.2) is 18.2 Å². The monoisotopic (exact) mass is 239 g/mol. The molecule has 0 spiro atoms. The number of ketones is 1. The minimum Gasteiger partial charge on any atom is -0.327 e. The molecule has 2 rings (SSSR count). The smallest absolute Gasteiger partial charge is 0.162 e. The average Bonchev–Trinajstić information content (AvgIpc) is 3.08. The number of nitrogens with two attached hydrogens (primary N) is 1. The maximum absolute atomic E-state index is 13.3. The summed E-state index contributed by atoms with van der Waals surface area (Å²) in [6, 6.07) is 3.75. The molecule has 1 atom stereocenters. The number of halogens is 2. The second-order valence-electron chi connectivity index (χ2n) is 4.63. The van der Waals surface area contributed by atoms with Crippen LogP contribution in [0.4, 0.5) is 8.78 Å². The van der Waals surface area contributed by atoms with Crippen LogP contribution in [0.2, 0.25) is 0 Å². The third kappa shape index (κ3) is 3.09. The maximum atomic E-state index is 13.3. The van der Waals surface area contributed by atoms with Crippen molar-refractivity contribution in [1.29, 1.82) is 0 Å². The van der Waals surface area contributed by atoms with Crippen LogP contribution >= 0.6 is 0 Å². The molecule has 2 N–H and O–H groups in total. The van der Waals surface area contributed by atoms with E-state index in [0.29, 0.717) is 5.92 Å². The lowest BCUT2D eigenvalue weighted by Gasteiger charge is -2.09. The van der Waals surface area contributed by atoms with Gasteiger partial charge in [-0.05, 0) is 30.4 Å². The third-order valence-corrected chi connectivity index (χ3v) is 3.11. The highest BCUT2D eigenvalue weighted by Crippen LogP contribution is 2.33. The Morgan fingerprint density at radius 2 is 2.12 bits per heavy atom. The number of carbonyl (C=O) groups excluding carboxylic acids is 1. The summed E-state index contributed by atoms with van der Waals surface area (Å²) in [4.78, 5) is 11.6. The molecule has 1 fully saturated rings. The lowest BCUT2D eigenvalue weighted by molar-refractivity contribution is -0.118. The van der Waals surface area contributed by atoms with E-state index in [1.807, 2.05) is 0 Å². The zero-order valence-corrected chi connectivity index (χ0v) is 9.46. The van der Waals surface area contributed by atoms with E-state index in [1.54, 1.807) is 0 Å². The fourth-order valence-corrected chi connectivity index (χ4v) is 1.92. The molecule has 0 saturated heterocycles. The lowest BCUT2D eigenvalue weighted by Crippen LogP contribution is -2.26. The van der Waals surface area contributed by atoms with Gasteiger partial charge in [-0.3, -0.25) is 4.79 Å². The number of rotatable bonds is 5. The molecule has 4 heteroatoms. The quantitative estimate of drug-likeness (QED) is 0.856. The van der Waals surface area contributed by atoms with E-state index in [2.05, 4.69) is 0 Å². The van der Waals surface area contributed by atoms with Crippen molar-refractivity contribution in [3.8, 4) is 0 Å². The predicted molar refractivity (Wildman–Crippen MR) is 60.4 cm³/mol. The van der Waals surface area contributed by atoms with Crippen LogP contribution in [0.3, 0.4) is 0 Å². The first-order valence-corrected chi connectivity index (χ1v) is 5.78. The molecule has 1 aromatic rings. The molecule has 0 heterocycles. The number of Topliss-reactive ketones (excluding diaryl/α,β-unsaturated/α-hetero) is 1. The van der Waals surface area contributed by atoms with Gasteiger partial charge >= 0.3 is 0 Å². The van der Waals surface area contributed by atoms with Gasteiger partial charge in [-0.15, -0.1) is 0 Å². The lowest BCUT2D eigenvalue weighted by atomic mass is 10.0. The molecule has 1 aromatic carbocycles. The van der Waals surface area contributed by atoms with Crippen LogP contribution in [0.1, 0.15) is 24.8 Å². The van der Waals surface area contributed by atoms with E-state index in [0.717, 1.165) is 18.9 Å². The minimum absolute atomic E-state index is 0.0794. The summed E-state index contributed by atoms with van der Waals surface area (Å²) in [6.45, 7) is 0.